The van der Waals surface area contributed by atoms with Crippen LogP contribution in [0.4, 0.5) is 0 Å². The molecule has 1 amide bonds. The first kappa shape index (κ1) is 14.9. The second-order valence-corrected chi connectivity index (χ2v) is 6.23. The average Bonchev–Trinajstić information content (AvgIpc) is 2.84. The maximum Gasteiger partial charge on any atom is 0.338 e. The zero-order chi connectivity index (χ0) is 15.9. The highest BCUT2D eigenvalue weighted by Crippen LogP contribution is 2.46. The van der Waals surface area contributed by atoms with Gasteiger partial charge in [0, 0.05) is 31.0 Å². The van der Waals surface area contributed by atoms with Gasteiger partial charge in [-0.3, -0.25) is 4.79 Å². The summed E-state index contributed by atoms with van der Waals surface area (Å²) in [6.45, 7) is 5.68. The second-order valence-electron chi connectivity index (χ2n) is 6.23. The van der Waals surface area contributed by atoms with Crippen LogP contribution in [0.25, 0.3) is 0 Å². The normalized spacial score (nSPS) is 18.8. The average molecular weight is 303 g/mol. The van der Waals surface area contributed by atoms with Crippen LogP contribution >= 0.6 is 0 Å². The molecule has 0 atom stereocenters. The lowest BCUT2D eigenvalue weighted by atomic mass is 9.74. The first-order chi connectivity index (χ1) is 10.5. The fourth-order valence-electron chi connectivity index (χ4n) is 3.51. The highest BCUT2D eigenvalue weighted by molar-refractivity contribution is 5.91. The molecule has 0 radical (unpaired) electrons. The number of hydrogen-bond acceptors (Lipinski definition) is 4. The Hall–Kier alpha value is -2.04. The molecule has 3 rings (SSSR count). The number of carbonyl (C=O) groups is 2. The highest BCUT2D eigenvalue weighted by Gasteiger charge is 2.44. The van der Waals surface area contributed by atoms with Gasteiger partial charge in [-0.15, -0.1) is 0 Å². The molecule has 1 fully saturated rings. The van der Waals surface area contributed by atoms with Gasteiger partial charge in [0.1, 0.15) is 5.75 Å². The fourth-order valence-corrected chi connectivity index (χ4v) is 3.51. The van der Waals surface area contributed by atoms with Crippen LogP contribution in [0.15, 0.2) is 12.1 Å². The second kappa shape index (κ2) is 5.30. The number of likely N-dealkylation sites (tertiary alicyclic amines) is 1. The molecular weight excluding hydrogens is 282 g/mol. The van der Waals surface area contributed by atoms with Gasteiger partial charge in [0.2, 0.25) is 5.91 Å². The van der Waals surface area contributed by atoms with Crippen molar-refractivity contribution in [3.05, 3.63) is 28.8 Å². The van der Waals surface area contributed by atoms with Crippen LogP contribution in [-0.2, 0) is 14.9 Å². The van der Waals surface area contributed by atoms with E-state index in [-0.39, 0.29) is 17.3 Å². The van der Waals surface area contributed by atoms with Crippen LogP contribution in [0.3, 0.4) is 0 Å². The third kappa shape index (κ3) is 2.25. The van der Waals surface area contributed by atoms with Crippen LogP contribution in [0, 0.1) is 6.92 Å². The van der Waals surface area contributed by atoms with E-state index in [4.69, 9.17) is 9.47 Å². The van der Waals surface area contributed by atoms with Crippen LogP contribution < -0.4 is 4.74 Å². The predicted octanol–water partition coefficient (Wildman–Crippen LogP) is 2.05. The first-order valence-electron chi connectivity index (χ1n) is 7.58. The van der Waals surface area contributed by atoms with Crippen molar-refractivity contribution in [2.45, 2.75) is 32.1 Å². The Kier molecular flexibility index (Phi) is 3.59. The molecule has 1 aromatic rings. The molecular formula is C17H21NO4. The van der Waals surface area contributed by atoms with Crippen molar-refractivity contribution in [1.29, 1.82) is 0 Å². The van der Waals surface area contributed by atoms with Crippen molar-refractivity contribution < 1.29 is 19.1 Å². The van der Waals surface area contributed by atoms with E-state index in [2.05, 4.69) is 6.07 Å². The Morgan fingerprint density at radius 3 is 2.55 bits per heavy atom. The molecule has 1 spiro atoms. The third-order valence-corrected chi connectivity index (χ3v) is 4.97. The molecule has 0 unspecified atom stereocenters. The molecule has 0 saturated carbocycles. The number of benzene rings is 1. The molecule has 2 aliphatic rings. The quantitative estimate of drug-likeness (QED) is 0.745. The van der Waals surface area contributed by atoms with Gasteiger partial charge in [-0.25, -0.2) is 4.79 Å². The van der Waals surface area contributed by atoms with Crippen molar-refractivity contribution >= 4 is 11.9 Å². The number of fused-ring (bicyclic) bond motifs is 2. The number of carbonyl (C=O) groups excluding carboxylic acids is 2. The van der Waals surface area contributed by atoms with Crippen molar-refractivity contribution in [3.63, 3.8) is 0 Å². The van der Waals surface area contributed by atoms with Gasteiger partial charge in [0.25, 0.3) is 0 Å². The third-order valence-electron chi connectivity index (χ3n) is 4.97. The van der Waals surface area contributed by atoms with E-state index in [0.717, 1.165) is 37.2 Å². The van der Waals surface area contributed by atoms with E-state index in [1.54, 1.807) is 13.0 Å². The van der Waals surface area contributed by atoms with Gasteiger partial charge in [0.05, 0.1) is 19.3 Å². The first-order valence-corrected chi connectivity index (χ1v) is 7.58. The smallest absolute Gasteiger partial charge is 0.338 e. The Morgan fingerprint density at radius 2 is 1.95 bits per heavy atom. The zero-order valence-electron chi connectivity index (χ0n) is 13.3. The predicted molar refractivity (Wildman–Crippen MR) is 81.2 cm³/mol. The number of esters is 1. The SMILES string of the molecule is COC(=O)c1cc2c(cc1C)C1(CCN(C(C)=O)CC1)CO2. The Bertz CT molecular complexity index is 630. The van der Waals surface area contributed by atoms with E-state index in [0.29, 0.717) is 12.2 Å². The van der Waals surface area contributed by atoms with Crippen LogP contribution in [0.2, 0.25) is 0 Å². The van der Waals surface area contributed by atoms with Gasteiger partial charge >= 0.3 is 5.97 Å². The summed E-state index contributed by atoms with van der Waals surface area (Å²) in [5.41, 5.74) is 2.60. The minimum absolute atomic E-state index is 0.0271. The maximum atomic E-state index is 11.8. The summed E-state index contributed by atoms with van der Waals surface area (Å²) in [6, 6.07) is 3.85. The molecule has 0 aliphatic carbocycles. The fraction of sp³-hybridized carbons (Fsp3) is 0.529. The molecule has 5 heteroatoms. The zero-order valence-corrected chi connectivity index (χ0v) is 13.3. The van der Waals surface area contributed by atoms with Gasteiger partial charge in [0.15, 0.2) is 0 Å². The van der Waals surface area contributed by atoms with Crippen molar-refractivity contribution in [3.8, 4) is 5.75 Å². The van der Waals surface area contributed by atoms with E-state index in [1.807, 2.05) is 11.8 Å². The van der Waals surface area contributed by atoms with Gasteiger partial charge < -0.3 is 14.4 Å². The topological polar surface area (TPSA) is 55.8 Å². The van der Waals surface area contributed by atoms with E-state index < -0.39 is 0 Å². The minimum atomic E-state index is -0.337. The van der Waals surface area contributed by atoms with E-state index in [1.165, 1.54) is 12.7 Å². The summed E-state index contributed by atoms with van der Waals surface area (Å²) in [7, 11) is 1.38. The number of ether oxygens (including phenoxy) is 2. The molecule has 0 bridgehead atoms. The summed E-state index contributed by atoms with van der Waals surface area (Å²) in [6.07, 6.45) is 1.80. The number of aryl methyl sites for hydroxylation is 1. The lowest BCUT2D eigenvalue weighted by Gasteiger charge is -2.38. The molecule has 5 nitrogen and oxygen atoms in total. The number of methoxy groups -OCH3 is 1. The standard InChI is InChI=1S/C17H21NO4/c1-11-8-14-15(9-13(11)16(20)21-3)22-10-17(14)4-6-18(7-5-17)12(2)19/h8-9H,4-7,10H2,1-3H3. The Balaban J connectivity index is 1.91. The monoisotopic (exact) mass is 303 g/mol. The molecule has 22 heavy (non-hydrogen) atoms. The van der Waals surface area contributed by atoms with Gasteiger partial charge in [-0.2, -0.15) is 0 Å². The number of piperidine rings is 1. The molecule has 2 heterocycles. The number of amides is 1. The molecule has 2 aliphatic heterocycles. The largest absolute Gasteiger partial charge is 0.492 e. The van der Waals surface area contributed by atoms with Crippen molar-refractivity contribution in [2.24, 2.45) is 0 Å². The Labute approximate surface area is 130 Å². The molecule has 1 aromatic carbocycles. The lowest BCUT2D eigenvalue weighted by Crippen LogP contribution is -2.45. The molecule has 118 valence electrons. The van der Waals surface area contributed by atoms with Crippen LogP contribution in [-0.4, -0.2) is 43.6 Å². The molecule has 1 saturated heterocycles. The Morgan fingerprint density at radius 1 is 1.27 bits per heavy atom. The van der Waals surface area contributed by atoms with Gasteiger partial charge in [-0.1, -0.05) is 6.07 Å². The van der Waals surface area contributed by atoms with E-state index in [9.17, 15) is 9.59 Å². The summed E-state index contributed by atoms with van der Waals surface area (Å²) in [5.74, 6) is 0.574. The molecule has 0 aromatic heterocycles. The summed E-state index contributed by atoms with van der Waals surface area (Å²) in [5, 5.41) is 0. The number of hydrogen-bond donors (Lipinski definition) is 0. The van der Waals surface area contributed by atoms with E-state index >= 15 is 0 Å². The summed E-state index contributed by atoms with van der Waals surface area (Å²) >= 11 is 0. The molecule has 0 N–H and O–H groups in total. The van der Waals surface area contributed by atoms with Gasteiger partial charge in [-0.05, 0) is 31.4 Å². The minimum Gasteiger partial charge on any atom is -0.492 e. The van der Waals surface area contributed by atoms with Crippen molar-refractivity contribution in [2.75, 3.05) is 26.8 Å². The van der Waals surface area contributed by atoms with Crippen LogP contribution in [0.5, 0.6) is 5.75 Å². The lowest BCUT2D eigenvalue weighted by molar-refractivity contribution is -0.130. The summed E-state index contributed by atoms with van der Waals surface area (Å²) < 4.78 is 10.7. The number of nitrogens with zero attached hydrogens (tertiary/aromatic N) is 1. The summed E-state index contributed by atoms with van der Waals surface area (Å²) in [4.78, 5) is 25.2. The van der Waals surface area contributed by atoms with Crippen molar-refractivity contribution in [1.82, 2.24) is 4.90 Å². The number of rotatable bonds is 1. The van der Waals surface area contributed by atoms with Crippen LogP contribution in [0.1, 0.15) is 41.3 Å². The maximum absolute atomic E-state index is 11.8. The highest BCUT2D eigenvalue weighted by atomic mass is 16.5.